The van der Waals surface area contributed by atoms with E-state index in [2.05, 4.69) is 38.3 Å². The number of halogens is 3. The largest absolute Gasteiger partial charge is 0.490 e. The van der Waals surface area contributed by atoms with Crippen molar-refractivity contribution in [3.05, 3.63) is 46.8 Å². The lowest BCUT2D eigenvalue weighted by Gasteiger charge is -2.31. The normalized spacial score (nSPS) is 20.8. The van der Waals surface area contributed by atoms with Crippen LogP contribution in [0.3, 0.4) is 0 Å². The molecule has 1 N–H and O–H groups in total. The monoisotopic (exact) mass is 483 g/mol. The number of imidazole rings is 1. The number of aryl methyl sites for hydroxylation is 1. The molecule has 0 radical (unpaired) electrons. The lowest BCUT2D eigenvalue weighted by molar-refractivity contribution is -0.192. The minimum absolute atomic E-state index is 0.119. The minimum atomic E-state index is -5.08. The number of nitrogens with zero attached hydrogens (tertiary/aromatic N) is 5. The smallest absolute Gasteiger partial charge is 0.475 e. The van der Waals surface area contributed by atoms with Gasteiger partial charge in [0.25, 0.3) is 0 Å². The van der Waals surface area contributed by atoms with E-state index in [1.54, 1.807) is 0 Å². The Kier molecular flexibility index (Phi) is 6.59. The van der Waals surface area contributed by atoms with Crippen LogP contribution in [-0.2, 0) is 36.1 Å². The summed E-state index contributed by atoms with van der Waals surface area (Å²) in [6.07, 6.45) is 1.86. The van der Waals surface area contributed by atoms with Gasteiger partial charge >= 0.3 is 12.1 Å². The SMILES string of the molecule is Cn1cc(-c2cnc3n2CC2(COCCN(Cc4cccs4)C2)C3)cn1.O=C(O)C(F)(F)F. The molecule has 0 aliphatic carbocycles. The Labute approximate surface area is 192 Å². The van der Waals surface area contributed by atoms with E-state index in [4.69, 9.17) is 19.6 Å². The highest BCUT2D eigenvalue weighted by atomic mass is 32.1. The molecule has 0 aromatic carbocycles. The number of ether oxygens (including phenoxy) is 1. The third-order valence-electron chi connectivity index (χ3n) is 5.69. The van der Waals surface area contributed by atoms with Crippen molar-refractivity contribution in [2.45, 2.75) is 25.7 Å². The number of carboxylic acids is 1. The first-order valence-electron chi connectivity index (χ1n) is 10.3. The van der Waals surface area contributed by atoms with Crippen LogP contribution in [0.4, 0.5) is 13.2 Å². The number of rotatable bonds is 3. The number of alkyl halides is 3. The van der Waals surface area contributed by atoms with Gasteiger partial charge in [0.1, 0.15) is 5.82 Å². The highest BCUT2D eigenvalue weighted by molar-refractivity contribution is 7.09. The van der Waals surface area contributed by atoms with Crippen LogP contribution in [0.15, 0.2) is 36.1 Å². The Morgan fingerprint density at radius 1 is 1.33 bits per heavy atom. The molecular formula is C21H24F3N5O3S. The molecule has 5 rings (SSSR count). The van der Waals surface area contributed by atoms with Gasteiger partial charge in [0, 0.05) is 61.7 Å². The molecule has 1 unspecified atom stereocenters. The highest BCUT2D eigenvalue weighted by Gasteiger charge is 2.42. The van der Waals surface area contributed by atoms with Gasteiger partial charge in [-0.3, -0.25) is 9.58 Å². The van der Waals surface area contributed by atoms with Gasteiger partial charge in [-0.05, 0) is 11.4 Å². The fraction of sp³-hybridized carbons (Fsp3) is 0.476. The number of aromatic nitrogens is 4. The molecule has 12 heteroatoms. The molecule has 3 aromatic rings. The van der Waals surface area contributed by atoms with E-state index in [1.165, 1.54) is 16.4 Å². The van der Waals surface area contributed by atoms with Gasteiger partial charge in [-0.1, -0.05) is 6.07 Å². The second kappa shape index (κ2) is 9.27. The fourth-order valence-electron chi connectivity index (χ4n) is 4.28. The van der Waals surface area contributed by atoms with E-state index in [9.17, 15) is 13.2 Å². The van der Waals surface area contributed by atoms with Gasteiger partial charge in [-0.15, -0.1) is 11.3 Å². The Bertz CT molecular complexity index is 1100. The van der Waals surface area contributed by atoms with Crippen LogP contribution in [-0.4, -0.2) is 67.8 Å². The van der Waals surface area contributed by atoms with Crippen LogP contribution in [0.1, 0.15) is 10.7 Å². The summed E-state index contributed by atoms with van der Waals surface area (Å²) in [5, 5.41) is 13.6. The summed E-state index contributed by atoms with van der Waals surface area (Å²) < 4.78 is 42.0. The number of fused-ring (bicyclic) bond motifs is 1. The average molecular weight is 484 g/mol. The second-order valence-corrected chi connectivity index (χ2v) is 9.40. The third-order valence-corrected chi connectivity index (χ3v) is 6.55. The molecule has 8 nitrogen and oxygen atoms in total. The molecule has 1 atom stereocenters. The molecule has 0 amide bonds. The third kappa shape index (κ3) is 5.45. The number of hydrogen-bond donors (Lipinski definition) is 1. The maximum Gasteiger partial charge on any atom is 0.490 e. The Balaban J connectivity index is 0.000000325. The predicted octanol–water partition coefficient (Wildman–Crippen LogP) is 3.05. The zero-order valence-corrected chi connectivity index (χ0v) is 18.8. The quantitative estimate of drug-likeness (QED) is 0.617. The van der Waals surface area contributed by atoms with Gasteiger partial charge < -0.3 is 14.4 Å². The number of aliphatic carboxylic acids is 1. The average Bonchev–Trinajstić information content (AvgIpc) is 3.49. The summed E-state index contributed by atoms with van der Waals surface area (Å²) in [5.41, 5.74) is 2.42. The zero-order chi connectivity index (χ0) is 23.6. The number of carbonyl (C=O) groups is 1. The van der Waals surface area contributed by atoms with Crippen molar-refractivity contribution in [3.63, 3.8) is 0 Å². The fourth-order valence-corrected chi connectivity index (χ4v) is 5.03. The van der Waals surface area contributed by atoms with Crippen LogP contribution >= 0.6 is 11.3 Å². The summed E-state index contributed by atoms with van der Waals surface area (Å²) in [4.78, 5) is 17.6. The standard InChI is InChI=1S/C19H23N5OS.C2HF3O2/c1-22-10-15(8-21-22)17-9-20-18-7-19(13-24(17)18)12-23(4-5-25-14-19)11-16-3-2-6-26-16;3-2(4,5)1(6)7/h2-3,6,8-10H,4-5,7,11-14H2,1H3;(H,6,7). The van der Waals surface area contributed by atoms with E-state index in [0.29, 0.717) is 0 Å². The number of hydrogen-bond acceptors (Lipinski definition) is 6. The van der Waals surface area contributed by atoms with Crippen molar-refractivity contribution in [2.24, 2.45) is 12.5 Å². The van der Waals surface area contributed by atoms with Crippen molar-refractivity contribution >= 4 is 17.3 Å². The maximum atomic E-state index is 10.6. The van der Waals surface area contributed by atoms with Crippen LogP contribution in [0, 0.1) is 5.41 Å². The summed E-state index contributed by atoms with van der Waals surface area (Å²) in [5.74, 6) is -1.59. The molecule has 33 heavy (non-hydrogen) atoms. The summed E-state index contributed by atoms with van der Waals surface area (Å²) >= 11 is 1.84. The summed E-state index contributed by atoms with van der Waals surface area (Å²) in [6.45, 7) is 5.65. The maximum absolute atomic E-state index is 10.6. The first kappa shape index (κ1) is 23.5. The molecule has 1 spiro atoms. The molecular weight excluding hydrogens is 459 g/mol. The van der Waals surface area contributed by atoms with E-state index < -0.39 is 12.1 Å². The number of carboxylic acid groups (broad SMARTS) is 1. The van der Waals surface area contributed by atoms with Crippen LogP contribution in [0.2, 0.25) is 0 Å². The molecule has 178 valence electrons. The molecule has 2 aliphatic heterocycles. The lowest BCUT2D eigenvalue weighted by atomic mass is 9.86. The highest BCUT2D eigenvalue weighted by Crippen LogP contribution is 2.38. The van der Waals surface area contributed by atoms with Crippen molar-refractivity contribution in [1.82, 2.24) is 24.2 Å². The minimum Gasteiger partial charge on any atom is -0.475 e. The van der Waals surface area contributed by atoms with Gasteiger partial charge in [0.2, 0.25) is 0 Å². The Morgan fingerprint density at radius 2 is 2.12 bits per heavy atom. The lowest BCUT2D eigenvalue weighted by Crippen LogP contribution is -2.39. The van der Waals surface area contributed by atoms with Crippen molar-refractivity contribution in [2.75, 3.05) is 26.3 Å². The Morgan fingerprint density at radius 3 is 2.76 bits per heavy atom. The molecule has 2 aliphatic rings. The zero-order valence-electron chi connectivity index (χ0n) is 18.0. The van der Waals surface area contributed by atoms with E-state index >= 15 is 0 Å². The molecule has 0 bridgehead atoms. The molecule has 5 heterocycles. The molecule has 1 saturated heterocycles. The van der Waals surface area contributed by atoms with E-state index in [1.807, 2.05) is 35.5 Å². The van der Waals surface area contributed by atoms with Gasteiger partial charge in [0.05, 0.1) is 31.3 Å². The van der Waals surface area contributed by atoms with Crippen molar-refractivity contribution < 1.29 is 27.8 Å². The van der Waals surface area contributed by atoms with Gasteiger partial charge in [0.15, 0.2) is 0 Å². The van der Waals surface area contributed by atoms with Crippen LogP contribution in [0.5, 0.6) is 0 Å². The Hall–Kier alpha value is -2.70. The van der Waals surface area contributed by atoms with Gasteiger partial charge in [-0.25, -0.2) is 9.78 Å². The first-order valence-corrected chi connectivity index (χ1v) is 11.2. The van der Waals surface area contributed by atoms with Crippen molar-refractivity contribution in [1.29, 1.82) is 0 Å². The van der Waals surface area contributed by atoms with E-state index in [-0.39, 0.29) is 5.41 Å². The van der Waals surface area contributed by atoms with Crippen molar-refractivity contribution in [3.8, 4) is 11.3 Å². The van der Waals surface area contributed by atoms with Crippen LogP contribution in [0.25, 0.3) is 11.3 Å². The van der Waals surface area contributed by atoms with E-state index in [0.717, 1.165) is 51.4 Å². The predicted molar refractivity (Wildman–Crippen MR) is 115 cm³/mol. The summed E-state index contributed by atoms with van der Waals surface area (Å²) in [7, 11) is 1.95. The topological polar surface area (TPSA) is 85.4 Å². The number of thiophene rings is 1. The molecule has 1 fully saturated rings. The van der Waals surface area contributed by atoms with Crippen LogP contribution < -0.4 is 0 Å². The van der Waals surface area contributed by atoms with Gasteiger partial charge in [-0.2, -0.15) is 18.3 Å². The molecule has 0 saturated carbocycles. The summed E-state index contributed by atoms with van der Waals surface area (Å²) in [6, 6.07) is 4.36. The first-order chi connectivity index (χ1) is 15.7. The second-order valence-electron chi connectivity index (χ2n) is 8.37. The molecule has 3 aromatic heterocycles.